The Morgan fingerprint density at radius 1 is 1.37 bits per heavy atom. The lowest BCUT2D eigenvalue weighted by Gasteiger charge is -2.38. The number of H-pyrrole nitrogens is 1. The van der Waals surface area contributed by atoms with Gasteiger partial charge in [0.15, 0.2) is 0 Å². The third-order valence-corrected chi connectivity index (χ3v) is 4.32. The highest BCUT2D eigenvalue weighted by Gasteiger charge is 2.32. The summed E-state index contributed by atoms with van der Waals surface area (Å²) in [5.74, 6) is 0.862. The number of anilines is 2. The Balaban J connectivity index is 1.84. The molecule has 1 fully saturated rings. The summed E-state index contributed by atoms with van der Waals surface area (Å²) in [4.78, 5) is 7.91. The third kappa shape index (κ3) is 2.39. The lowest BCUT2D eigenvalue weighted by molar-refractivity contribution is 0.216. The van der Waals surface area contributed by atoms with Crippen molar-refractivity contribution in [3.8, 4) is 0 Å². The van der Waals surface area contributed by atoms with Crippen LogP contribution in [-0.2, 0) is 0 Å². The number of nitrogens with two attached hydrogens (primary N) is 1. The summed E-state index contributed by atoms with van der Waals surface area (Å²) in [7, 11) is 0. The van der Waals surface area contributed by atoms with Crippen LogP contribution in [0.1, 0.15) is 39.5 Å². The second-order valence-corrected chi connectivity index (χ2v) is 6.29. The summed E-state index contributed by atoms with van der Waals surface area (Å²) in [5, 5.41) is 3.57. The first-order valence-corrected chi connectivity index (χ1v) is 7.06. The smallest absolute Gasteiger partial charge is 0.201 e. The van der Waals surface area contributed by atoms with Gasteiger partial charge < -0.3 is 16.0 Å². The molecule has 102 valence electrons. The largest absolute Gasteiger partial charge is 0.399 e. The maximum absolute atomic E-state index is 5.79. The van der Waals surface area contributed by atoms with Crippen LogP contribution >= 0.6 is 0 Å². The predicted molar refractivity (Wildman–Crippen MR) is 80.2 cm³/mol. The van der Waals surface area contributed by atoms with Crippen molar-refractivity contribution < 1.29 is 0 Å². The number of aromatic amines is 1. The van der Waals surface area contributed by atoms with Crippen molar-refractivity contribution in [1.82, 2.24) is 9.97 Å². The summed E-state index contributed by atoms with van der Waals surface area (Å²) in [6.07, 6.45) is 5.13. The fourth-order valence-corrected chi connectivity index (χ4v) is 3.02. The number of imidazole rings is 1. The Hall–Kier alpha value is -1.71. The molecule has 0 bridgehead atoms. The summed E-state index contributed by atoms with van der Waals surface area (Å²) < 4.78 is 0. The number of aromatic nitrogens is 2. The average molecular weight is 258 g/mol. The van der Waals surface area contributed by atoms with Gasteiger partial charge in [-0.3, -0.25) is 0 Å². The van der Waals surface area contributed by atoms with Crippen LogP contribution in [0.15, 0.2) is 18.2 Å². The van der Waals surface area contributed by atoms with Crippen molar-refractivity contribution in [2.24, 2.45) is 5.41 Å². The number of nitrogen functional groups attached to an aromatic ring is 1. The quantitative estimate of drug-likeness (QED) is 0.722. The van der Waals surface area contributed by atoms with Crippen LogP contribution in [0, 0.1) is 5.41 Å². The van der Waals surface area contributed by atoms with Gasteiger partial charge in [-0.25, -0.2) is 4.98 Å². The van der Waals surface area contributed by atoms with Gasteiger partial charge in [0.25, 0.3) is 0 Å². The molecule has 0 radical (unpaired) electrons. The maximum atomic E-state index is 5.79. The summed E-state index contributed by atoms with van der Waals surface area (Å²) in [5.41, 5.74) is 8.85. The number of fused-ring (bicyclic) bond motifs is 1. The van der Waals surface area contributed by atoms with Gasteiger partial charge in [-0.15, -0.1) is 0 Å². The van der Waals surface area contributed by atoms with E-state index in [1.54, 1.807) is 0 Å². The van der Waals surface area contributed by atoms with E-state index in [0.717, 1.165) is 22.7 Å². The van der Waals surface area contributed by atoms with Gasteiger partial charge in [0.2, 0.25) is 5.95 Å². The molecule has 3 rings (SSSR count). The van der Waals surface area contributed by atoms with E-state index in [1.807, 2.05) is 18.2 Å². The van der Waals surface area contributed by atoms with Gasteiger partial charge in [-0.05, 0) is 36.5 Å². The van der Waals surface area contributed by atoms with E-state index in [1.165, 1.54) is 25.7 Å². The molecule has 1 saturated carbocycles. The molecule has 4 N–H and O–H groups in total. The lowest BCUT2D eigenvalue weighted by atomic mass is 9.73. The number of rotatable bonds is 2. The predicted octanol–water partition coefficient (Wildman–Crippen LogP) is 3.53. The van der Waals surface area contributed by atoms with Crippen LogP contribution in [0.2, 0.25) is 0 Å². The van der Waals surface area contributed by atoms with E-state index in [9.17, 15) is 0 Å². The highest BCUT2D eigenvalue weighted by Crippen LogP contribution is 2.37. The van der Waals surface area contributed by atoms with Crippen molar-refractivity contribution >= 4 is 22.7 Å². The van der Waals surface area contributed by atoms with Crippen molar-refractivity contribution in [2.45, 2.75) is 45.6 Å². The Labute approximate surface area is 113 Å². The Morgan fingerprint density at radius 3 is 3.00 bits per heavy atom. The molecule has 1 unspecified atom stereocenters. The normalized spacial score (nSPS) is 22.5. The molecule has 1 aromatic heterocycles. The molecule has 4 nitrogen and oxygen atoms in total. The Morgan fingerprint density at radius 2 is 2.21 bits per heavy atom. The first-order valence-electron chi connectivity index (χ1n) is 7.06. The number of hydrogen-bond donors (Lipinski definition) is 3. The second kappa shape index (κ2) is 4.44. The fourth-order valence-electron chi connectivity index (χ4n) is 3.02. The van der Waals surface area contributed by atoms with Crippen molar-refractivity contribution in [3.63, 3.8) is 0 Å². The summed E-state index contributed by atoms with van der Waals surface area (Å²) >= 11 is 0. The average Bonchev–Trinajstić information content (AvgIpc) is 2.73. The molecular formula is C15H22N4. The SMILES string of the molecule is CC1(C)CCCCC1Nc1nc2ccc(N)cc2[nH]1. The zero-order valence-corrected chi connectivity index (χ0v) is 11.7. The van der Waals surface area contributed by atoms with Crippen LogP contribution in [0.25, 0.3) is 11.0 Å². The lowest BCUT2D eigenvalue weighted by Crippen LogP contribution is -2.39. The van der Waals surface area contributed by atoms with Gasteiger partial charge in [0, 0.05) is 11.7 Å². The molecule has 1 aliphatic rings. The van der Waals surface area contributed by atoms with Crippen LogP contribution in [0.3, 0.4) is 0 Å². The molecule has 1 heterocycles. The molecule has 2 aromatic rings. The molecule has 19 heavy (non-hydrogen) atoms. The number of nitrogens with one attached hydrogen (secondary N) is 2. The van der Waals surface area contributed by atoms with Gasteiger partial charge in [0.1, 0.15) is 0 Å². The summed E-state index contributed by atoms with van der Waals surface area (Å²) in [6, 6.07) is 6.26. The van der Waals surface area contributed by atoms with Crippen molar-refractivity contribution in [3.05, 3.63) is 18.2 Å². The maximum Gasteiger partial charge on any atom is 0.201 e. The standard InChI is InChI=1S/C15H22N4/c1-15(2)8-4-3-5-13(15)19-14-17-11-7-6-10(16)9-12(11)18-14/h6-7,9,13H,3-5,8,16H2,1-2H3,(H2,17,18,19). The second-order valence-electron chi connectivity index (χ2n) is 6.29. The fraction of sp³-hybridized carbons (Fsp3) is 0.533. The van der Waals surface area contributed by atoms with Crippen LogP contribution in [0.4, 0.5) is 11.6 Å². The highest BCUT2D eigenvalue weighted by atomic mass is 15.1. The highest BCUT2D eigenvalue weighted by molar-refractivity contribution is 5.80. The zero-order chi connectivity index (χ0) is 13.5. The van der Waals surface area contributed by atoms with E-state index in [2.05, 4.69) is 29.1 Å². The van der Waals surface area contributed by atoms with E-state index in [4.69, 9.17) is 5.73 Å². The molecule has 4 heteroatoms. The monoisotopic (exact) mass is 258 g/mol. The first kappa shape index (κ1) is 12.3. The first-order chi connectivity index (χ1) is 9.04. The Kier molecular flexibility index (Phi) is 2.88. The van der Waals surface area contributed by atoms with Gasteiger partial charge in [-0.2, -0.15) is 0 Å². The van der Waals surface area contributed by atoms with Crippen molar-refractivity contribution in [1.29, 1.82) is 0 Å². The van der Waals surface area contributed by atoms with Crippen molar-refractivity contribution in [2.75, 3.05) is 11.1 Å². The van der Waals surface area contributed by atoms with Crippen LogP contribution < -0.4 is 11.1 Å². The molecule has 1 aromatic carbocycles. The van der Waals surface area contributed by atoms with E-state index in [0.29, 0.717) is 11.5 Å². The third-order valence-electron chi connectivity index (χ3n) is 4.32. The summed E-state index contributed by atoms with van der Waals surface area (Å²) in [6.45, 7) is 4.68. The molecular weight excluding hydrogens is 236 g/mol. The molecule has 0 amide bonds. The molecule has 0 spiro atoms. The molecule has 1 atom stereocenters. The molecule has 1 aliphatic carbocycles. The van der Waals surface area contributed by atoms with E-state index >= 15 is 0 Å². The minimum absolute atomic E-state index is 0.330. The molecule has 0 saturated heterocycles. The van der Waals surface area contributed by atoms with Gasteiger partial charge >= 0.3 is 0 Å². The minimum Gasteiger partial charge on any atom is -0.399 e. The zero-order valence-electron chi connectivity index (χ0n) is 11.7. The van der Waals surface area contributed by atoms with E-state index in [-0.39, 0.29) is 0 Å². The number of benzene rings is 1. The number of hydrogen-bond acceptors (Lipinski definition) is 3. The van der Waals surface area contributed by atoms with Crippen LogP contribution in [0.5, 0.6) is 0 Å². The van der Waals surface area contributed by atoms with Crippen LogP contribution in [-0.4, -0.2) is 16.0 Å². The van der Waals surface area contributed by atoms with Gasteiger partial charge in [0.05, 0.1) is 11.0 Å². The van der Waals surface area contributed by atoms with E-state index < -0.39 is 0 Å². The molecule has 0 aliphatic heterocycles. The Bertz CT molecular complexity index is 585. The minimum atomic E-state index is 0.330. The number of nitrogens with zero attached hydrogens (tertiary/aromatic N) is 1. The topological polar surface area (TPSA) is 66.7 Å². The van der Waals surface area contributed by atoms with Gasteiger partial charge in [-0.1, -0.05) is 26.7 Å².